The molecule has 3 heteroatoms. The van der Waals surface area contributed by atoms with Crippen molar-refractivity contribution < 1.29 is 5.11 Å². The largest absolute Gasteiger partial charge is 0.392 e. The third kappa shape index (κ3) is 2.53. The molecule has 0 saturated heterocycles. The molecule has 0 saturated carbocycles. The van der Waals surface area contributed by atoms with Crippen LogP contribution in [0.4, 0.5) is 5.82 Å². The van der Waals surface area contributed by atoms with Gasteiger partial charge >= 0.3 is 0 Å². The smallest absolute Gasteiger partial charge is 0.131 e. The Morgan fingerprint density at radius 1 is 1.44 bits per heavy atom. The predicted molar refractivity (Wildman–Crippen MR) is 67.7 cm³/mol. The number of aliphatic hydroxyl groups is 1. The summed E-state index contributed by atoms with van der Waals surface area (Å²) in [5, 5.41) is 9.04. The third-order valence-electron chi connectivity index (χ3n) is 3.38. The van der Waals surface area contributed by atoms with Crippen molar-refractivity contribution in [2.24, 2.45) is 0 Å². The summed E-state index contributed by atoms with van der Waals surface area (Å²) in [6.07, 6.45) is 2.80. The number of aliphatic hydroxyl groups excluding tert-OH is 1. The van der Waals surface area contributed by atoms with E-state index in [1.54, 1.807) is 6.20 Å². The van der Waals surface area contributed by atoms with Gasteiger partial charge in [-0.25, -0.2) is 4.98 Å². The van der Waals surface area contributed by atoms with Crippen LogP contribution in [-0.4, -0.2) is 22.7 Å². The molecule has 1 aromatic rings. The number of aromatic nitrogens is 1. The molecule has 90 valence electrons. The second-order valence-corrected chi connectivity index (χ2v) is 4.87. The summed E-state index contributed by atoms with van der Waals surface area (Å²) < 4.78 is 0. The van der Waals surface area contributed by atoms with Gasteiger partial charge in [-0.3, -0.25) is 0 Å². The third-order valence-corrected chi connectivity index (χ3v) is 3.38. The number of nitrogens with zero attached hydrogens (tertiary/aromatic N) is 2. The zero-order chi connectivity index (χ0) is 12.3. The molecule has 1 rings (SSSR count). The van der Waals surface area contributed by atoms with Gasteiger partial charge in [0.05, 0.1) is 6.61 Å². The van der Waals surface area contributed by atoms with E-state index in [1.165, 1.54) is 0 Å². The van der Waals surface area contributed by atoms with E-state index >= 15 is 0 Å². The first kappa shape index (κ1) is 13.0. The molecular formula is C13H22N2O. The molecule has 0 amide bonds. The Kier molecular flexibility index (Phi) is 3.92. The fraction of sp³-hybridized carbons (Fsp3) is 0.615. The van der Waals surface area contributed by atoms with Gasteiger partial charge in [-0.05, 0) is 44.4 Å². The molecule has 1 heterocycles. The fourth-order valence-corrected chi connectivity index (χ4v) is 1.59. The summed E-state index contributed by atoms with van der Waals surface area (Å²) >= 11 is 0. The lowest BCUT2D eigenvalue weighted by Gasteiger charge is -2.36. The van der Waals surface area contributed by atoms with Crippen molar-refractivity contribution in [2.45, 2.75) is 46.3 Å². The summed E-state index contributed by atoms with van der Waals surface area (Å²) in [6.45, 7) is 8.66. The summed E-state index contributed by atoms with van der Waals surface area (Å²) in [4.78, 5) is 6.63. The first-order chi connectivity index (χ1) is 7.42. The van der Waals surface area contributed by atoms with Crippen molar-refractivity contribution in [2.75, 3.05) is 11.9 Å². The van der Waals surface area contributed by atoms with Crippen LogP contribution in [-0.2, 0) is 6.61 Å². The van der Waals surface area contributed by atoms with Gasteiger partial charge in [0, 0.05) is 18.8 Å². The number of rotatable bonds is 4. The monoisotopic (exact) mass is 222 g/mol. The van der Waals surface area contributed by atoms with Gasteiger partial charge in [0.15, 0.2) is 0 Å². The molecular weight excluding hydrogens is 200 g/mol. The molecule has 0 bridgehead atoms. The van der Waals surface area contributed by atoms with Crippen molar-refractivity contribution in [3.63, 3.8) is 0 Å². The van der Waals surface area contributed by atoms with Gasteiger partial charge in [0.1, 0.15) is 5.82 Å². The molecule has 16 heavy (non-hydrogen) atoms. The maximum Gasteiger partial charge on any atom is 0.131 e. The van der Waals surface area contributed by atoms with Gasteiger partial charge in [-0.2, -0.15) is 0 Å². The molecule has 0 aromatic carbocycles. The standard InChI is InChI=1S/C13H22N2O/c1-6-13(3,4)15(5)12-10(2)7-11(9-16)8-14-12/h7-8,16H,6,9H2,1-5H3. The van der Waals surface area contributed by atoms with Crippen LogP contribution in [0, 0.1) is 6.92 Å². The Hall–Kier alpha value is -1.09. The Morgan fingerprint density at radius 2 is 2.06 bits per heavy atom. The van der Waals surface area contributed by atoms with E-state index in [4.69, 9.17) is 5.11 Å². The molecule has 1 N–H and O–H groups in total. The second-order valence-electron chi connectivity index (χ2n) is 4.87. The van der Waals surface area contributed by atoms with Crippen LogP contribution in [0.5, 0.6) is 0 Å². The lowest BCUT2D eigenvalue weighted by atomic mass is 9.99. The fourth-order valence-electron chi connectivity index (χ4n) is 1.59. The van der Waals surface area contributed by atoms with Crippen molar-refractivity contribution in [3.8, 4) is 0 Å². The minimum absolute atomic E-state index is 0.0506. The Morgan fingerprint density at radius 3 is 2.50 bits per heavy atom. The molecule has 0 fully saturated rings. The van der Waals surface area contributed by atoms with Crippen LogP contribution < -0.4 is 4.90 Å². The van der Waals surface area contributed by atoms with Crippen molar-refractivity contribution in [3.05, 3.63) is 23.4 Å². The van der Waals surface area contributed by atoms with E-state index in [9.17, 15) is 0 Å². The lowest BCUT2D eigenvalue weighted by Crippen LogP contribution is -2.41. The van der Waals surface area contributed by atoms with Crippen molar-refractivity contribution in [1.82, 2.24) is 4.98 Å². The van der Waals surface area contributed by atoms with Crippen molar-refractivity contribution >= 4 is 5.82 Å². The average Bonchev–Trinajstić information content (AvgIpc) is 2.28. The quantitative estimate of drug-likeness (QED) is 0.850. The van der Waals surface area contributed by atoms with Gasteiger partial charge < -0.3 is 10.0 Å². The zero-order valence-corrected chi connectivity index (χ0v) is 10.9. The van der Waals surface area contributed by atoms with Gasteiger partial charge in [0.25, 0.3) is 0 Å². The van der Waals surface area contributed by atoms with Crippen LogP contribution in [0.25, 0.3) is 0 Å². The number of hydrogen-bond acceptors (Lipinski definition) is 3. The van der Waals surface area contributed by atoms with E-state index in [-0.39, 0.29) is 12.1 Å². The first-order valence-electron chi connectivity index (χ1n) is 5.72. The van der Waals surface area contributed by atoms with Gasteiger partial charge in [-0.1, -0.05) is 6.92 Å². The number of anilines is 1. The van der Waals surface area contributed by atoms with Gasteiger partial charge in [-0.15, -0.1) is 0 Å². The highest BCUT2D eigenvalue weighted by Gasteiger charge is 2.23. The number of hydrogen-bond donors (Lipinski definition) is 1. The maximum atomic E-state index is 9.04. The highest BCUT2D eigenvalue weighted by atomic mass is 16.3. The van der Waals surface area contributed by atoms with Crippen LogP contribution in [0.2, 0.25) is 0 Å². The molecule has 0 radical (unpaired) electrons. The Balaban J connectivity index is 3.05. The molecule has 0 unspecified atom stereocenters. The maximum absolute atomic E-state index is 9.04. The first-order valence-corrected chi connectivity index (χ1v) is 5.72. The van der Waals surface area contributed by atoms with Crippen LogP contribution in [0.3, 0.4) is 0 Å². The summed E-state index contributed by atoms with van der Waals surface area (Å²) in [5.41, 5.74) is 2.07. The molecule has 0 spiro atoms. The van der Waals surface area contributed by atoms with Crippen LogP contribution >= 0.6 is 0 Å². The highest BCUT2D eigenvalue weighted by molar-refractivity contribution is 5.48. The minimum atomic E-state index is 0.0506. The average molecular weight is 222 g/mol. The molecule has 0 aliphatic heterocycles. The predicted octanol–water partition coefficient (Wildman–Crippen LogP) is 2.51. The second kappa shape index (κ2) is 4.83. The van der Waals surface area contributed by atoms with Gasteiger partial charge in [0.2, 0.25) is 0 Å². The molecule has 0 aliphatic rings. The Bertz CT molecular complexity index is 361. The summed E-state index contributed by atoms with van der Waals surface area (Å²) in [5.74, 6) is 0.990. The van der Waals surface area contributed by atoms with Crippen LogP contribution in [0.15, 0.2) is 12.3 Å². The highest BCUT2D eigenvalue weighted by Crippen LogP contribution is 2.26. The normalized spacial score (nSPS) is 11.6. The van der Waals surface area contributed by atoms with E-state index < -0.39 is 0 Å². The molecule has 0 atom stereocenters. The lowest BCUT2D eigenvalue weighted by molar-refractivity contribution is 0.281. The zero-order valence-electron chi connectivity index (χ0n) is 10.9. The van der Waals surface area contributed by atoms with E-state index in [1.807, 2.05) is 13.0 Å². The van der Waals surface area contributed by atoms with Crippen LogP contribution in [0.1, 0.15) is 38.3 Å². The number of aryl methyl sites for hydroxylation is 1. The summed E-state index contributed by atoms with van der Waals surface area (Å²) in [6, 6.07) is 1.99. The SMILES string of the molecule is CCC(C)(C)N(C)c1ncc(CO)cc1C. The van der Waals surface area contributed by atoms with E-state index in [0.717, 1.165) is 23.4 Å². The van der Waals surface area contributed by atoms with Crippen molar-refractivity contribution in [1.29, 1.82) is 0 Å². The topological polar surface area (TPSA) is 36.4 Å². The summed E-state index contributed by atoms with van der Waals surface area (Å²) in [7, 11) is 2.07. The minimum Gasteiger partial charge on any atom is -0.392 e. The molecule has 1 aromatic heterocycles. The molecule has 0 aliphatic carbocycles. The van der Waals surface area contributed by atoms with E-state index in [2.05, 4.69) is 37.7 Å². The molecule has 3 nitrogen and oxygen atoms in total. The van der Waals surface area contributed by atoms with E-state index in [0.29, 0.717) is 0 Å². The Labute approximate surface area is 98.1 Å². The number of pyridine rings is 1.